The molecule has 4 heteroatoms. The Morgan fingerprint density at radius 2 is 2.47 bits per heavy atom. The summed E-state index contributed by atoms with van der Waals surface area (Å²) < 4.78 is 5.74. The molecule has 3 nitrogen and oxygen atoms in total. The quantitative estimate of drug-likeness (QED) is 0.854. The molecule has 1 aromatic rings. The molecule has 0 bridgehead atoms. The summed E-state index contributed by atoms with van der Waals surface area (Å²) in [4.78, 5) is 5.56. The van der Waals surface area contributed by atoms with Crippen LogP contribution in [0.4, 0.5) is 0 Å². The van der Waals surface area contributed by atoms with Gasteiger partial charge in [0.05, 0.1) is 23.4 Å². The molecule has 1 aliphatic heterocycles. The van der Waals surface area contributed by atoms with Crippen LogP contribution in [0.3, 0.4) is 0 Å². The molecule has 1 saturated heterocycles. The number of ether oxygens (including phenoxy) is 1. The predicted molar refractivity (Wildman–Crippen MR) is 62.1 cm³/mol. The lowest BCUT2D eigenvalue weighted by Gasteiger charge is -2.11. The molecule has 0 radical (unpaired) electrons. The maximum Gasteiger partial charge on any atom is 0.0798 e. The van der Waals surface area contributed by atoms with Crippen LogP contribution in [0.5, 0.6) is 0 Å². The van der Waals surface area contributed by atoms with Crippen molar-refractivity contribution >= 4 is 11.3 Å². The fraction of sp³-hybridized carbons (Fsp3) is 0.727. The summed E-state index contributed by atoms with van der Waals surface area (Å²) in [6.07, 6.45) is 3.25. The first-order valence-electron chi connectivity index (χ1n) is 5.51. The summed E-state index contributed by atoms with van der Waals surface area (Å²) in [6.45, 7) is 6.08. The molecule has 2 unspecified atom stereocenters. The number of aromatic nitrogens is 1. The van der Waals surface area contributed by atoms with Gasteiger partial charge in [-0.2, -0.15) is 0 Å². The number of thiazole rings is 1. The van der Waals surface area contributed by atoms with E-state index in [9.17, 15) is 0 Å². The zero-order valence-corrected chi connectivity index (χ0v) is 10.1. The average Bonchev–Trinajstić information content (AvgIpc) is 2.77. The Labute approximate surface area is 94.9 Å². The minimum atomic E-state index is 0.410. The second kappa shape index (κ2) is 5.05. The van der Waals surface area contributed by atoms with Gasteiger partial charge in [0, 0.05) is 18.0 Å². The molecule has 0 saturated carbocycles. The van der Waals surface area contributed by atoms with Crippen LogP contribution in [0.15, 0.2) is 5.51 Å². The Balaban J connectivity index is 1.69. The monoisotopic (exact) mass is 226 g/mol. The van der Waals surface area contributed by atoms with E-state index in [4.69, 9.17) is 4.74 Å². The lowest BCUT2D eigenvalue weighted by Crippen LogP contribution is -2.26. The fourth-order valence-corrected chi connectivity index (χ4v) is 2.62. The summed E-state index contributed by atoms with van der Waals surface area (Å²) in [5.41, 5.74) is 3.05. The molecule has 0 aromatic carbocycles. The van der Waals surface area contributed by atoms with Crippen molar-refractivity contribution in [1.82, 2.24) is 10.3 Å². The highest BCUT2D eigenvalue weighted by atomic mass is 32.1. The minimum absolute atomic E-state index is 0.410. The van der Waals surface area contributed by atoms with E-state index >= 15 is 0 Å². The van der Waals surface area contributed by atoms with Crippen molar-refractivity contribution in [3.05, 3.63) is 16.1 Å². The maximum atomic E-state index is 5.74. The summed E-state index contributed by atoms with van der Waals surface area (Å²) >= 11 is 1.72. The second-order valence-electron chi connectivity index (χ2n) is 4.14. The summed E-state index contributed by atoms with van der Waals surface area (Å²) in [6, 6.07) is 0. The van der Waals surface area contributed by atoms with Gasteiger partial charge in [0.2, 0.25) is 0 Å². The molecule has 0 aliphatic carbocycles. The molecule has 84 valence electrons. The number of rotatable bonds is 4. The van der Waals surface area contributed by atoms with Gasteiger partial charge in [0.15, 0.2) is 0 Å². The molecular formula is C11H18N2OS. The van der Waals surface area contributed by atoms with Gasteiger partial charge in [-0.3, -0.25) is 0 Å². The van der Waals surface area contributed by atoms with Gasteiger partial charge in [-0.25, -0.2) is 4.98 Å². The number of hydrogen-bond acceptors (Lipinski definition) is 4. The van der Waals surface area contributed by atoms with Gasteiger partial charge < -0.3 is 10.1 Å². The summed E-state index contributed by atoms with van der Waals surface area (Å²) in [5, 5.41) is 3.44. The van der Waals surface area contributed by atoms with E-state index in [1.807, 2.05) is 5.51 Å². The van der Waals surface area contributed by atoms with Gasteiger partial charge in [-0.05, 0) is 26.7 Å². The molecule has 1 aliphatic rings. The Hall–Kier alpha value is -0.450. The Morgan fingerprint density at radius 3 is 3.07 bits per heavy atom. The molecular weight excluding hydrogens is 208 g/mol. The van der Waals surface area contributed by atoms with Gasteiger partial charge in [-0.15, -0.1) is 11.3 Å². The number of aryl methyl sites for hydroxylation is 1. The van der Waals surface area contributed by atoms with Crippen LogP contribution in [0.1, 0.15) is 30.3 Å². The molecule has 2 heterocycles. The molecule has 2 rings (SSSR count). The van der Waals surface area contributed by atoms with Crippen LogP contribution in [0, 0.1) is 6.92 Å². The summed E-state index contributed by atoms with van der Waals surface area (Å²) in [7, 11) is 0. The fourth-order valence-electron chi connectivity index (χ4n) is 1.88. The third kappa shape index (κ3) is 3.00. The van der Waals surface area contributed by atoms with E-state index in [2.05, 4.69) is 24.1 Å². The van der Waals surface area contributed by atoms with E-state index in [1.54, 1.807) is 11.3 Å². The zero-order chi connectivity index (χ0) is 10.7. The van der Waals surface area contributed by atoms with E-state index in [0.717, 1.165) is 18.8 Å². The predicted octanol–water partition coefficient (Wildman–Crippen LogP) is 2.11. The standard InChI is InChI=1S/C11H18N2OS/c1-8-3-4-10(14-8)5-12-6-11-9(2)13-7-15-11/h7-8,10,12H,3-6H2,1-2H3. The van der Waals surface area contributed by atoms with E-state index in [0.29, 0.717) is 12.2 Å². The van der Waals surface area contributed by atoms with Crippen LogP contribution < -0.4 is 5.32 Å². The van der Waals surface area contributed by atoms with E-state index in [-0.39, 0.29) is 0 Å². The second-order valence-corrected chi connectivity index (χ2v) is 5.08. The van der Waals surface area contributed by atoms with E-state index < -0.39 is 0 Å². The van der Waals surface area contributed by atoms with Crippen molar-refractivity contribution < 1.29 is 4.74 Å². The van der Waals surface area contributed by atoms with Crippen LogP contribution >= 0.6 is 11.3 Å². The first-order chi connectivity index (χ1) is 7.25. The van der Waals surface area contributed by atoms with Crippen LogP contribution in [0.2, 0.25) is 0 Å². The zero-order valence-electron chi connectivity index (χ0n) is 9.32. The lowest BCUT2D eigenvalue weighted by atomic mass is 10.2. The Morgan fingerprint density at radius 1 is 1.60 bits per heavy atom. The highest BCUT2D eigenvalue weighted by molar-refractivity contribution is 7.09. The van der Waals surface area contributed by atoms with Crippen molar-refractivity contribution in [3.8, 4) is 0 Å². The Kier molecular flexibility index (Phi) is 3.72. The molecule has 1 aromatic heterocycles. The van der Waals surface area contributed by atoms with Crippen molar-refractivity contribution in [2.24, 2.45) is 0 Å². The van der Waals surface area contributed by atoms with Crippen molar-refractivity contribution in [2.45, 2.75) is 45.4 Å². The van der Waals surface area contributed by atoms with Gasteiger partial charge in [-0.1, -0.05) is 0 Å². The van der Waals surface area contributed by atoms with Crippen LogP contribution in [0.25, 0.3) is 0 Å². The number of nitrogens with zero attached hydrogens (tertiary/aromatic N) is 1. The van der Waals surface area contributed by atoms with Crippen LogP contribution in [-0.4, -0.2) is 23.7 Å². The number of nitrogens with one attached hydrogen (secondary N) is 1. The van der Waals surface area contributed by atoms with Gasteiger partial charge in [0.25, 0.3) is 0 Å². The molecule has 1 fully saturated rings. The molecule has 1 N–H and O–H groups in total. The third-order valence-corrected chi connectivity index (χ3v) is 3.76. The van der Waals surface area contributed by atoms with Gasteiger partial charge in [0.1, 0.15) is 0 Å². The van der Waals surface area contributed by atoms with Crippen molar-refractivity contribution in [2.75, 3.05) is 6.54 Å². The lowest BCUT2D eigenvalue weighted by molar-refractivity contribution is 0.0559. The highest BCUT2D eigenvalue weighted by Crippen LogP contribution is 2.18. The first-order valence-corrected chi connectivity index (χ1v) is 6.39. The topological polar surface area (TPSA) is 34.2 Å². The molecule has 0 spiro atoms. The highest BCUT2D eigenvalue weighted by Gasteiger charge is 2.20. The molecule has 2 atom stereocenters. The SMILES string of the molecule is Cc1ncsc1CNCC1CCC(C)O1. The smallest absolute Gasteiger partial charge is 0.0798 e. The molecule has 0 amide bonds. The largest absolute Gasteiger partial charge is 0.374 e. The average molecular weight is 226 g/mol. The normalized spacial score (nSPS) is 26.0. The minimum Gasteiger partial charge on any atom is -0.374 e. The van der Waals surface area contributed by atoms with Crippen LogP contribution in [-0.2, 0) is 11.3 Å². The summed E-state index contributed by atoms with van der Waals surface area (Å²) in [5.74, 6) is 0. The Bertz CT molecular complexity index is 313. The van der Waals surface area contributed by atoms with E-state index in [1.165, 1.54) is 17.7 Å². The maximum absolute atomic E-state index is 5.74. The van der Waals surface area contributed by atoms with Gasteiger partial charge >= 0.3 is 0 Å². The first kappa shape index (κ1) is 11.0. The molecule has 15 heavy (non-hydrogen) atoms. The van der Waals surface area contributed by atoms with Crippen molar-refractivity contribution in [3.63, 3.8) is 0 Å². The number of hydrogen-bond donors (Lipinski definition) is 1. The third-order valence-electron chi connectivity index (χ3n) is 2.82. The van der Waals surface area contributed by atoms with Crippen molar-refractivity contribution in [1.29, 1.82) is 0 Å².